The SMILES string of the molecule is CC1OCCCCCCCCCCCOC1=O. The van der Waals surface area contributed by atoms with Crippen molar-refractivity contribution >= 4 is 5.97 Å². The standard InChI is InChI=1S/C14H26O3/c1-13-14(15)17-12-10-8-6-4-2-3-5-7-9-11-16-13/h13H,2-12H2,1H3. The third-order valence-corrected chi connectivity index (χ3v) is 3.23. The molecule has 3 heteroatoms. The Hall–Kier alpha value is -0.570. The van der Waals surface area contributed by atoms with E-state index in [1.807, 2.05) is 0 Å². The maximum Gasteiger partial charge on any atom is 0.334 e. The van der Waals surface area contributed by atoms with Gasteiger partial charge in [-0.1, -0.05) is 44.9 Å². The second kappa shape index (κ2) is 9.46. The van der Waals surface area contributed by atoms with Gasteiger partial charge in [0.2, 0.25) is 0 Å². The summed E-state index contributed by atoms with van der Waals surface area (Å²) in [4.78, 5) is 11.5. The summed E-state index contributed by atoms with van der Waals surface area (Å²) in [6, 6.07) is 0. The normalized spacial score (nSPS) is 26.6. The fourth-order valence-electron chi connectivity index (χ4n) is 2.06. The van der Waals surface area contributed by atoms with Crippen LogP contribution in [0.2, 0.25) is 0 Å². The first-order chi connectivity index (χ1) is 8.30. The fraction of sp³-hybridized carbons (Fsp3) is 0.929. The molecule has 1 heterocycles. The highest BCUT2D eigenvalue weighted by atomic mass is 16.6. The smallest absolute Gasteiger partial charge is 0.334 e. The van der Waals surface area contributed by atoms with E-state index in [-0.39, 0.29) is 5.97 Å². The molecule has 1 saturated heterocycles. The molecule has 1 atom stereocenters. The molecule has 3 nitrogen and oxygen atoms in total. The summed E-state index contributed by atoms with van der Waals surface area (Å²) in [7, 11) is 0. The average molecular weight is 242 g/mol. The highest BCUT2D eigenvalue weighted by Crippen LogP contribution is 2.11. The molecular formula is C14H26O3. The van der Waals surface area contributed by atoms with E-state index in [2.05, 4.69) is 0 Å². The van der Waals surface area contributed by atoms with Crippen LogP contribution < -0.4 is 0 Å². The van der Waals surface area contributed by atoms with Gasteiger partial charge in [0.1, 0.15) is 0 Å². The molecule has 1 aliphatic rings. The van der Waals surface area contributed by atoms with Gasteiger partial charge in [0.05, 0.1) is 6.61 Å². The average Bonchev–Trinajstić information content (AvgIpc) is 2.34. The summed E-state index contributed by atoms with van der Waals surface area (Å²) >= 11 is 0. The molecule has 100 valence electrons. The molecule has 0 radical (unpaired) electrons. The Morgan fingerprint density at radius 3 is 1.88 bits per heavy atom. The van der Waals surface area contributed by atoms with Gasteiger partial charge < -0.3 is 9.47 Å². The van der Waals surface area contributed by atoms with Gasteiger partial charge in [0.25, 0.3) is 0 Å². The van der Waals surface area contributed by atoms with Crippen LogP contribution in [-0.2, 0) is 14.3 Å². The van der Waals surface area contributed by atoms with Gasteiger partial charge in [0.15, 0.2) is 6.10 Å². The summed E-state index contributed by atoms with van der Waals surface area (Å²) in [6.45, 7) is 3.00. The van der Waals surface area contributed by atoms with E-state index >= 15 is 0 Å². The number of esters is 1. The molecule has 0 amide bonds. The number of hydrogen-bond donors (Lipinski definition) is 0. The molecule has 1 fully saturated rings. The van der Waals surface area contributed by atoms with Crippen LogP contribution in [-0.4, -0.2) is 25.3 Å². The van der Waals surface area contributed by atoms with Gasteiger partial charge in [-0.25, -0.2) is 4.79 Å². The second-order valence-electron chi connectivity index (χ2n) is 4.86. The van der Waals surface area contributed by atoms with Gasteiger partial charge in [-0.05, 0) is 19.8 Å². The van der Waals surface area contributed by atoms with Gasteiger partial charge in [-0.3, -0.25) is 0 Å². The summed E-state index contributed by atoms with van der Waals surface area (Å²) in [6.07, 6.45) is 10.6. The summed E-state index contributed by atoms with van der Waals surface area (Å²) in [5.74, 6) is -0.208. The van der Waals surface area contributed by atoms with Crippen molar-refractivity contribution in [3.63, 3.8) is 0 Å². The second-order valence-corrected chi connectivity index (χ2v) is 4.86. The van der Waals surface area contributed by atoms with E-state index < -0.39 is 6.10 Å². The van der Waals surface area contributed by atoms with Crippen LogP contribution in [0.3, 0.4) is 0 Å². The molecule has 17 heavy (non-hydrogen) atoms. The number of carbonyl (C=O) groups is 1. The molecule has 1 unspecified atom stereocenters. The van der Waals surface area contributed by atoms with Gasteiger partial charge in [0, 0.05) is 6.61 Å². The van der Waals surface area contributed by atoms with Crippen molar-refractivity contribution in [2.75, 3.05) is 13.2 Å². The van der Waals surface area contributed by atoms with Gasteiger partial charge >= 0.3 is 5.97 Å². The molecule has 0 aromatic rings. The van der Waals surface area contributed by atoms with E-state index in [0.29, 0.717) is 13.2 Å². The van der Waals surface area contributed by atoms with E-state index in [4.69, 9.17) is 9.47 Å². The van der Waals surface area contributed by atoms with Crippen molar-refractivity contribution in [3.05, 3.63) is 0 Å². The lowest BCUT2D eigenvalue weighted by atomic mass is 10.1. The first-order valence-corrected chi connectivity index (χ1v) is 7.09. The van der Waals surface area contributed by atoms with Gasteiger partial charge in [-0.2, -0.15) is 0 Å². The Bertz CT molecular complexity index is 204. The molecule has 0 aromatic carbocycles. The lowest BCUT2D eigenvalue weighted by Gasteiger charge is -2.12. The van der Waals surface area contributed by atoms with E-state index in [0.717, 1.165) is 12.8 Å². The van der Waals surface area contributed by atoms with Crippen molar-refractivity contribution < 1.29 is 14.3 Å². The van der Waals surface area contributed by atoms with Crippen molar-refractivity contribution in [2.24, 2.45) is 0 Å². The number of cyclic esters (lactones) is 1. The maximum absolute atomic E-state index is 11.5. The number of carbonyl (C=O) groups excluding carboxylic acids is 1. The summed E-state index contributed by atoms with van der Waals surface area (Å²) in [5, 5.41) is 0. The van der Waals surface area contributed by atoms with Crippen LogP contribution in [0.4, 0.5) is 0 Å². The Kier molecular flexibility index (Phi) is 8.06. The third kappa shape index (κ3) is 7.37. The Balaban J connectivity index is 2.24. The van der Waals surface area contributed by atoms with Gasteiger partial charge in [-0.15, -0.1) is 0 Å². The largest absolute Gasteiger partial charge is 0.464 e. The molecule has 0 aromatic heterocycles. The van der Waals surface area contributed by atoms with E-state index in [9.17, 15) is 4.79 Å². The lowest BCUT2D eigenvalue weighted by molar-refractivity contribution is -0.156. The first kappa shape index (κ1) is 14.5. The van der Waals surface area contributed by atoms with Crippen molar-refractivity contribution in [1.82, 2.24) is 0 Å². The quantitative estimate of drug-likeness (QED) is 0.610. The fourth-order valence-corrected chi connectivity index (χ4v) is 2.06. The molecule has 1 aliphatic heterocycles. The van der Waals surface area contributed by atoms with Crippen LogP contribution in [0, 0.1) is 0 Å². The highest BCUT2D eigenvalue weighted by molar-refractivity contribution is 5.74. The predicted octanol–water partition coefficient (Wildman–Crippen LogP) is 3.46. The summed E-state index contributed by atoms with van der Waals surface area (Å²) < 4.78 is 10.6. The topological polar surface area (TPSA) is 35.5 Å². The van der Waals surface area contributed by atoms with E-state index in [1.165, 1.54) is 44.9 Å². The zero-order valence-electron chi connectivity index (χ0n) is 11.1. The molecule has 0 N–H and O–H groups in total. The number of rotatable bonds is 0. The Labute approximate surface area is 105 Å². The molecule has 0 saturated carbocycles. The molecule has 0 bridgehead atoms. The van der Waals surface area contributed by atoms with Crippen molar-refractivity contribution in [1.29, 1.82) is 0 Å². The number of ether oxygens (including phenoxy) is 2. The van der Waals surface area contributed by atoms with Crippen molar-refractivity contribution in [3.8, 4) is 0 Å². The van der Waals surface area contributed by atoms with Crippen molar-refractivity contribution in [2.45, 2.75) is 70.8 Å². The monoisotopic (exact) mass is 242 g/mol. The zero-order valence-corrected chi connectivity index (χ0v) is 11.1. The number of hydrogen-bond acceptors (Lipinski definition) is 3. The third-order valence-electron chi connectivity index (χ3n) is 3.23. The van der Waals surface area contributed by atoms with Crippen LogP contribution in [0.25, 0.3) is 0 Å². The Morgan fingerprint density at radius 1 is 0.824 bits per heavy atom. The maximum atomic E-state index is 11.5. The minimum Gasteiger partial charge on any atom is -0.464 e. The Morgan fingerprint density at radius 2 is 1.29 bits per heavy atom. The summed E-state index contributed by atoms with van der Waals surface area (Å²) in [5.41, 5.74) is 0. The molecular weight excluding hydrogens is 216 g/mol. The minimum atomic E-state index is -0.403. The highest BCUT2D eigenvalue weighted by Gasteiger charge is 2.14. The van der Waals surface area contributed by atoms with Crippen LogP contribution >= 0.6 is 0 Å². The lowest BCUT2D eigenvalue weighted by Crippen LogP contribution is -2.24. The first-order valence-electron chi connectivity index (χ1n) is 7.09. The zero-order chi connectivity index (χ0) is 12.3. The van der Waals surface area contributed by atoms with Crippen LogP contribution in [0.1, 0.15) is 64.7 Å². The van der Waals surface area contributed by atoms with Crippen LogP contribution in [0.15, 0.2) is 0 Å². The van der Waals surface area contributed by atoms with E-state index in [1.54, 1.807) is 6.92 Å². The van der Waals surface area contributed by atoms with Crippen LogP contribution in [0.5, 0.6) is 0 Å². The minimum absolute atomic E-state index is 0.208. The molecule has 0 aliphatic carbocycles. The molecule has 1 rings (SSSR count). The predicted molar refractivity (Wildman–Crippen MR) is 67.9 cm³/mol. The molecule has 0 spiro atoms.